The molecule has 3 heterocycles. The lowest BCUT2D eigenvalue weighted by atomic mass is 10.0. The molecule has 0 aromatic carbocycles. The van der Waals surface area contributed by atoms with Gasteiger partial charge in [-0.15, -0.1) is 0 Å². The molecule has 2 atom stereocenters. The largest absolute Gasteiger partial charge is 0.444 e. The van der Waals surface area contributed by atoms with E-state index in [0.29, 0.717) is 43.5 Å². The molecule has 9 nitrogen and oxygen atoms in total. The maximum atomic E-state index is 13.1. The molecule has 38 heavy (non-hydrogen) atoms. The summed E-state index contributed by atoms with van der Waals surface area (Å²) < 4.78 is 43.0. The second-order valence-corrected chi connectivity index (χ2v) is 20.9. The van der Waals surface area contributed by atoms with Crippen LogP contribution < -0.4 is 4.72 Å². The Morgan fingerprint density at radius 1 is 1.21 bits per heavy atom. The van der Waals surface area contributed by atoms with Gasteiger partial charge < -0.3 is 18.6 Å². The van der Waals surface area contributed by atoms with Crippen LogP contribution in [0.5, 0.6) is 0 Å². The molecule has 0 radical (unpaired) electrons. The minimum Gasteiger partial charge on any atom is -0.444 e. The molecule has 13 heteroatoms. The standard InChI is InChI=1S/C25H42Br2N4O5SSi/c1-24(2,3)37(32)30-19(22-29-20(26)21(27)31(22)18-33-16-17-38(4,5)6)10-8-7-9-11-25(35-14-15-36-25)23-28-12-13-34-23/h12-13,19,30H,7-11,14-18H2,1-6H3/t19-,37+/m0/s1. The van der Waals surface area contributed by atoms with Crippen LogP contribution in [-0.4, -0.2) is 51.4 Å². The highest BCUT2D eigenvalue weighted by molar-refractivity contribution is 9.13. The number of nitrogens with zero attached hydrogens (tertiary/aromatic N) is 3. The van der Waals surface area contributed by atoms with Gasteiger partial charge in [0.2, 0.25) is 5.79 Å². The first-order valence-electron chi connectivity index (χ1n) is 13.2. The number of hydrogen-bond donors (Lipinski definition) is 1. The molecular formula is C25H42Br2N4O5SSi. The summed E-state index contributed by atoms with van der Waals surface area (Å²) >= 11 is 7.22. The predicted molar refractivity (Wildman–Crippen MR) is 159 cm³/mol. The van der Waals surface area contributed by atoms with Crippen LogP contribution >= 0.6 is 31.9 Å². The molecule has 2 aromatic heterocycles. The summed E-state index contributed by atoms with van der Waals surface area (Å²) in [4.78, 5) is 9.05. The number of rotatable bonds is 15. The Bertz CT molecular complexity index is 1030. The van der Waals surface area contributed by atoms with Crippen molar-refractivity contribution in [2.75, 3.05) is 19.8 Å². The average Bonchev–Trinajstić information content (AvgIpc) is 3.57. The molecule has 0 bridgehead atoms. The van der Waals surface area contributed by atoms with Crippen LogP contribution in [0.25, 0.3) is 0 Å². The number of ether oxygens (including phenoxy) is 3. The molecule has 1 N–H and O–H groups in total. The van der Waals surface area contributed by atoms with Gasteiger partial charge in [0.1, 0.15) is 28.0 Å². The summed E-state index contributed by atoms with van der Waals surface area (Å²) in [7, 11) is -2.45. The van der Waals surface area contributed by atoms with Crippen LogP contribution in [0.2, 0.25) is 25.7 Å². The third kappa shape index (κ3) is 9.05. The monoisotopic (exact) mass is 696 g/mol. The minimum atomic E-state index is -1.26. The smallest absolute Gasteiger partial charge is 0.255 e. The van der Waals surface area contributed by atoms with Crippen LogP contribution in [0, 0.1) is 0 Å². The minimum absolute atomic E-state index is 0.210. The van der Waals surface area contributed by atoms with E-state index in [1.54, 1.807) is 12.5 Å². The molecule has 1 fully saturated rings. The van der Waals surface area contributed by atoms with Crippen LogP contribution in [0.3, 0.4) is 0 Å². The molecule has 1 saturated heterocycles. The zero-order valence-electron chi connectivity index (χ0n) is 23.4. The van der Waals surface area contributed by atoms with Crippen molar-refractivity contribution in [1.82, 2.24) is 19.3 Å². The maximum absolute atomic E-state index is 13.1. The van der Waals surface area contributed by atoms with Gasteiger partial charge in [-0.2, -0.15) is 0 Å². The van der Waals surface area contributed by atoms with Gasteiger partial charge in [-0.05, 0) is 71.5 Å². The van der Waals surface area contributed by atoms with Crippen molar-refractivity contribution in [1.29, 1.82) is 0 Å². The fourth-order valence-corrected chi connectivity index (χ4v) is 6.37. The normalized spacial score (nSPS) is 17.7. The molecule has 1 aliphatic rings. The lowest BCUT2D eigenvalue weighted by Crippen LogP contribution is -2.37. The number of aromatic nitrogens is 3. The SMILES string of the molecule is CC(C)(C)[S@@](=O)N[C@@H](CCCCCC1(c2ncco2)OCCO1)c1nc(Br)c(Br)n1COCC[Si](C)(C)C. The van der Waals surface area contributed by atoms with E-state index in [0.717, 1.165) is 42.2 Å². The Kier molecular flexibility index (Phi) is 11.8. The van der Waals surface area contributed by atoms with E-state index in [1.165, 1.54) is 0 Å². The highest BCUT2D eigenvalue weighted by atomic mass is 79.9. The number of unbranched alkanes of at least 4 members (excludes halogenated alkanes) is 2. The van der Waals surface area contributed by atoms with Crippen LogP contribution in [-0.2, 0) is 37.7 Å². The summed E-state index contributed by atoms with van der Waals surface area (Å²) in [5, 5.41) is 0. The van der Waals surface area contributed by atoms with Gasteiger partial charge in [0.05, 0.1) is 41.2 Å². The van der Waals surface area contributed by atoms with E-state index in [-0.39, 0.29) is 6.04 Å². The Morgan fingerprint density at radius 3 is 2.53 bits per heavy atom. The summed E-state index contributed by atoms with van der Waals surface area (Å²) in [6.07, 6.45) is 7.29. The van der Waals surface area contributed by atoms with E-state index in [4.69, 9.17) is 23.6 Å². The first-order valence-corrected chi connectivity index (χ1v) is 19.6. The van der Waals surface area contributed by atoms with Crippen molar-refractivity contribution in [2.24, 2.45) is 0 Å². The molecule has 216 valence electrons. The number of imidazole rings is 1. The predicted octanol–water partition coefficient (Wildman–Crippen LogP) is 6.65. The fraction of sp³-hybridized carbons (Fsp3) is 0.760. The van der Waals surface area contributed by atoms with Crippen molar-refractivity contribution >= 4 is 50.9 Å². The van der Waals surface area contributed by atoms with Gasteiger partial charge >= 0.3 is 0 Å². The van der Waals surface area contributed by atoms with E-state index in [2.05, 4.69) is 61.2 Å². The van der Waals surface area contributed by atoms with Crippen LogP contribution in [0.1, 0.15) is 70.6 Å². The van der Waals surface area contributed by atoms with Gasteiger partial charge in [-0.25, -0.2) is 18.9 Å². The Balaban J connectivity index is 1.66. The Morgan fingerprint density at radius 2 is 1.92 bits per heavy atom. The first-order chi connectivity index (χ1) is 17.8. The maximum Gasteiger partial charge on any atom is 0.255 e. The van der Waals surface area contributed by atoms with E-state index in [1.807, 2.05) is 25.3 Å². The topological polar surface area (TPSA) is 101 Å². The number of hydrogen-bond acceptors (Lipinski definition) is 7. The summed E-state index contributed by atoms with van der Waals surface area (Å²) in [6, 6.07) is 0.881. The zero-order chi connectivity index (χ0) is 28.0. The molecule has 0 spiro atoms. The first kappa shape index (κ1) is 32.1. The lowest BCUT2D eigenvalue weighted by Gasteiger charge is -2.25. The quantitative estimate of drug-likeness (QED) is 0.164. The molecular weight excluding hydrogens is 656 g/mol. The fourth-order valence-electron chi connectivity index (χ4n) is 4.01. The summed E-state index contributed by atoms with van der Waals surface area (Å²) in [6.45, 7) is 15.1. The highest BCUT2D eigenvalue weighted by Gasteiger charge is 2.42. The van der Waals surface area contributed by atoms with Gasteiger partial charge in [0.15, 0.2) is 0 Å². The Hall–Kier alpha value is -0.413. The van der Waals surface area contributed by atoms with Gasteiger partial charge in [-0.1, -0.05) is 32.5 Å². The third-order valence-corrected chi connectivity index (χ3v) is 11.4. The van der Waals surface area contributed by atoms with E-state index in [9.17, 15) is 4.21 Å². The number of nitrogens with one attached hydrogen (secondary N) is 1. The van der Waals surface area contributed by atoms with E-state index < -0.39 is 29.6 Å². The van der Waals surface area contributed by atoms with Gasteiger partial charge in [0.25, 0.3) is 5.89 Å². The van der Waals surface area contributed by atoms with Crippen LogP contribution in [0.15, 0.2) is 26.1 Å². The molecule has 2 aromatic rings. The Labute approximate surface area is 247 Å². The van der Waals surface area contributed by atoms with Crippen molar-refractivity contribution in [2.45, 2.75) is 102 Å². The zero-order valence-corrected chi connectivity index (χ0v) is 28.3. The molecule has 3 rings (SSSR count). The molecule has 0 aliphatic carbocycles. The van der Waals surface area contributed by atoms with Crippen LogP contribution in [0.4, 0.5) is 0 Å². The molecule has 0 saturated carbocycles. The van der Waals surface area contributed by atoms with Gasteiger partial charge in [-0.3, -0.25) is 4.57 Å². The van der Waals surface area contributed by atoms with E-state index >= 15 is 0 Å². The van der Waals surface area contributed by atoms with Crippen molar-refractivity contribution in [3.05, 3.63) is 33.4 Å². The molecule has 1 aliphatic heterocycles. The van der Waals surface area contributed by atoms with Gasteiger partial charge in [0, 0.05) is 21.1 Å². The highest BCUT2D eigenvalue weighted by Crippen LogP contribution is 2.36. The summed E-state index contributed by atoms with van der Waals surface area (Å²) in [5.41, 5.74) is 0. The van der Waals surface area contributed by atoms with Crippen molar-refractivity contribution in [3.8, 4) is 0 Å². The molecule has 0 amide bonds. The lowest BCUT2D eigenvalue weighted by molar-refractivity contribution is -0.187. The van der Waals surface area contributed by atoms with Crippen molar-refractivity contribution in [3.63, 3.8) is 0 Å². The third-order valence-electron chi connectivity index (χ3n) is 6.24. The summed E-state index contributed by atoms with van der Waals surface area (Å²) in [5.74, 6) is 0.378. The second kappa shape index (κ2) is 14.0. The number of halogens is 2. The number of oxazole rings is 1. The second-order valence-electron chi connectivity index (χ2n) is 11.8. The average molecular weight is 699 g/mol. The molecule has 0 unspecified atom stereocenters. The van der Waals surface area contributed by atoms with Crippen molar-refractivity contribution < 1.29 is 22.8 Å².